The quantitative estimate of drug-likeness (QED) is 0.302. The van der Waals surface area contributed by atoms with E-state index in [2.05, 4.69) is 121 Å². The fourth-order valence-electron chi connectivity index (χ4n) is 3.72. The average Bonchev–Trinajstić information content (AvgIpc) is 3.15. The highest BCUT2D eigenvalue weighted by atomic mass is 31.2. The number of rotatable bonds is 4. The largest absolute Gasteiger partial charge is 0.0767 e. The van der Waals surface area contributed by atoms with E-state index < -0.39 is 15.5 Å². The molecule has 1 aromatic heterocycles. The molecule has 0 nitrogen and oxygen atoms in total. The van der Waals surface area contributed by atoms with Crippen molar-refractivity contribution in [3.05, 3.63) is 121 Å². The maximum atomic E-state index is 2.47. The van der Waals surface area contributed by atoms with Crippen LogP contribution in [0.3, 0.4) is 0 Å². The Morgan fingerprint density at radius 1 is 0.500 bits per heavy atom. The van der Waals surface area contributed by atoms with Crippen molar-refractivity contribution >= 4 is 41.6 Å². The number of fused-ring (bicyclic) bond motifs is 1. The van der Waals surface area contributed by atoms with Gasteiger partial charge in [-0.2, -0.15) is 0 Å². The zero-order valence-electron chi connectivity index (χ0n) is 15.4. The molecule has 0 radical (unpaired) electrons. The lowest BCUT2D eigenvalue weighted by Gasteiger charge is -2.20. The van der Waals surface area contributed by atoms with Gasteiger partial charge in [-0.3, -0.25) is 0 Å². The van der Waals surface area contributed by atoms with E-state index in [-0.39, 0.29) is 0 Å². The summed E-state index contributed by atoms with van der Waals surface area (Å²) in [5, 5.41) is 8.73. The summed E-state index contributed by atoms with van der Waals surface area (Å²) < 4.78 is 0. The molecule has 28 heavy (non-hydrogen) atoms. The van der Waals surface area contributed by atoms with Gasteiger partial charge in [-0.1, -0.05) is 123 Å². The van der Waals surface area contributed by atoms with Gasteiger partial charge in [0, 0.05) is 10.2 Å². The van der Waals surface area contributed by atoms with Crippen molar-refractivity contribution in [2.24, 2.45) is 0 Å². The Kier molecular flexibility index (Phi) is 4.84. The third kappa shape index (κ3) is 3.20. The van der Waals surface area contributed by atoms with E-state index in [1.54, 1.807) is 5.04 Å². The van der Waals surface area contributed by atoms with Gasteiger partial charge in [0.2, 0.25) is 0 Å². The summed E-state index contributed by atoms with van der Waals surface area (Å²) in [5.41, 5.74) is 0. The van der Waals surface area contributed by atoms with Crippen molar-refractivity contribution in [2.75, 3.05) is 0 Å². The summed E-state index contributed by atoms with van der Waals surface area (Å²) in [6.45, 7) is 0. The number of benzene rings is 4. The molecule has 0 N–H and O–H groups in total. The molecule has 0 bridgehead atoms. The maximum absolute atomic E-state index is 2.47. The van der Waals surface area contributed by atoms with Crippen LogP contribution >= 0.6 is 15.5 Å². The van der Waals surface area contributed by atoms with E-state index in [9.17, 15) is 0 Å². The van der Waals surface area contributed by atoms with Crippen LogP contribution in [0.4, 0.5) is 0 Å². The van der Waals surface area contributed by atoms with Gasteiger partial charge in [-0.15, -0.1) is 0 Å². The van der Waals surface area contributed by atoms with E-state index >= 15 is 0 Å². The summed E-state index contributed by atoms with van der Waals surface area (Å²) in [6.07, 6.45) is 0. The van der Waals surface area contributed by atoms with Crippen LogP contribution < -0.4 is 15.6 Å². The van der Waals surface area contributed by atoms with Crippen molar-refractivity contribution in [3.8, 4) is 5.30 Å². The van der Waals surface area contributed by atoms with Crippen molar-refractivity contribution in [1.82, 2.24) is 0 Å². The summed E-state index contributed by atoms with van der Waals surface area (Å²) in [5.74, 6) is 0. The lowest BCUT2D eigenvalue weighted by Crippen LogP contribution is -2.18. The molecule has 1 unspecified atom stereocenters. The predicted molar refractivity (Wildman–Crippen MR) is 127 cm³/mol. The van der Waals surface area contributed by atoms with Gasteiger partial charge in [-0.25, -0.2) is 0 Å². The lowest BCUT2D eigenvalue weighted by molar-refractivity contribution is 1.75. The van der Waals surface area contributed by atoms with Crippen LogP contribution in [0, 0.1) is 0 Å². The molecule has 0 aliphatic heterocycles. The van der Waals surface area contributed by atoms with E-state index in [1.807, 2.05) is 0 Å². The topological polar surface area (TPSA) is 0 Å². The zero-order valence-corrected chi connectivity index (χ0v) is 17.2. The predicted octanol–water partition coefficient (Wildman–Crippen LogP) is 6.57. The first kappa shape index (κ1) is 17.4. The summed E-state index contributed by atoms with van der Waals surface area (Å²) in [7, 11) is -1.09. The highest BCUT2D eigenvalue weighted by molar-refractivity contribution is 7.91. The van der Waals surface area contributed by atoms with Crippen LogP contribution in [0.1, 0.15) is 0 Å². The number of hydrogen-bond acceptors (Lipinski definition) is 0. The molecule has 4 aromatic carbocycles. The minimum Gasteiger partial charge on any atom is -0.0767 e. The summed E-state index contributed by atoms with van der Waals surface area (Å²) in [6, 6.07) is 44.5. The van der Waals surface area contributed by atoms with Gasteiger partial charge in [-0.05, 0) is 35.3 Å². The molecule has 5 rings (SSSR count). The standard InChI is InChI=1S/C26H20P2/c1-4-13-22(14-5-1)27(23-15-6-2-7-16-23)26-20-21-12-10-11-19-25(21)28(26)24-17-8-3-9-18-24/h1-20H. The fourth-order valence-corrected chi connectivity index (χ4v) is 10.1. The van der Waals surface area contributed by atoms with Crippen molar-refractivity contribution in [1.29, 1.82) is 0 Å². The van der Waals surface area contributed by atoms with Crippen molar-refractivity contribution in [2.45, 2.75) is 0 Å². The van der Waals surface area contributed by atoms with Crippen LogP contribution in [0.25, 0.3) is 15.8 Å². The molecule has 1 heterocycles. The zero-order chi connectivity index (χ0) is 18.8. The van der Waals surface area contributed by atoms with Crippen LogP contribution in [0.15, 0.2) is 121 Å². The molecule has 0 saturated heterocycles. The van der Waals surface area contributed by atoms with Gasteiger partial charge >= 0.3 is 0 Å². The van der Waals surface area contributed by atoms with Crippen LogP contribution in [0.5, 0.6) is 0 Å². The third-order valence-electron chi connectivity index (χ3n) is 4.96. The second-order valence-electron chi connectivity index (χ2n) is 6.74. The van der Waals surface area contributed by atoms with Gasteiger partial charge in [0.1, 0.15) is 0 Å². The second-order valence-corrected chi connectivity index (χ2v) is 11.4. The van der Waals surface area contributed by atoms with E-state index in [0.29, 0.717) is 0 Å². The molecule has 0 saturated carbocycles. The molecule has 1 atom stereocenters. The molecule has 0 fully saturated rings. The van der Waals surface area contributed by atoms with Gasteiger partial charge < -0.3 is 0 Å². The SMILES string of the molecule is c1ccc(P(c2ccccc2)c2cc3ccccc3p2-c2ccccc2)cc1. The molecule has 0 aliphatic rings. The minimum atomic E-state index is -0.571. The van der Waals surface area contributed by atoms with Crippen LogP contribution in [-0.4, -0.2) is 0 Å². The van der Waals surface area contributed by atoms with Gasteiger partial charge in [0.15, 0.2) is 0 Å². The minimum absolute atomic E-state index is 0.516. The van der Waals surface area contributed by atoms with Gasteiger partial charge in [0.25, 0.3) is 0 Å². The first-order valence-electron chi connectivity index (χ1n) is 9.48. The molecular formula is C26H20P2. The molecular weight excluding hydrogens is 374 g/mol. The Hall–Kier alpha value is -2.65. The summed E-state index contributed by atoms with van der Waals surface area (Å²) >= 11 is 0. The van der Waals surface area contributed by atoms with Crippen LogP contribution in [0.2, 0.25) is 0 Å². The van der Waals surface area contributed by atoms with E-state index in [4.69, 9.17) is 0 Å². The van der Waals surface area contributed by atoms with E-state index in [0.717, 1.165) is 0 Å². The first-order valence-corrected chi connectivity index (χ1v) is 12.2. The van der Waals surface area contributed by atoms with Gasteiger partial charge in [0.05, 0.1) is 0 Å². The Balaban J connectivity index is 1.83. The lowest BCUT2D eigenvalue weighted by atomic mass is 10.3. The normalized spacial score (nSPS) is 11.8. The second kappa shape index (κ2) is 7.76. The Bertz CT molecular complexity index is 1150. The highest BCUT2D eigenvalue weighted by Crippen LogP contribution is 2.52. The Morgan fingerprint density at radius 3 is 1.61 bits per heavy atom. The smallest absolute Gasteiger partial charge is 0.00986 e. The Morgan fingerprint density at radius 2 is 1.00 bits per heavy atom. The summed E-state index contributed by atoms with van der Waals surface area (Å²) in [4.78, 5) is 0. The molecule has 0 amide bonds. The van der Waals surface area contributed by atoms with E-state index in [1.165, 1.54) is 26.4 Å². The first-order chi connectivity index (χ1) is 13.9. The molecule has 5 aromatic rings. The number of hydrogen-bond donors (Lipinski definition) is 0. The third-order valence-corrected chi connectivity index (χ3v) is 10.7. The van der Waals surface area contributed by atoms with Crippen molar-refractivity contribution in [3.63, 3.8) is 0 Å². The monoisotopic (exact) mass is 394 g/mol. The van der Waals surface area contributed by atoms with Crippen molar-refractivity contribution < 1.29 is 0 Å². The highest BCUT2D eigenvalue weighted by Gasteiger charge is 2.22. The Labute approximate surface area is 168 Å². The maximum Gasteiger partial charge on any atom is 0.00986 e. The molecule has 134 valence electrons. The average molecular weight is 394 g/mol. The molecule has 0 aliphatic carbocycles. The fraction of sp³-hybridized carbons (Fsp3) is 0. The van der Waals surface area contributed by atoms with Crippen LogP contribution in [-0.2, 0) is 0 Å². The molecule has 0 spiro atoms. The molecule has 2 heteroatoms.